The lowest BCUT2D eigenvalue weighted by Crippen LogP contribution is -1.92. The summed E-state index contributed by atoms with van der Waals surface area (Å²) < 4.78 is 0. The third-order valence-electron chi connectivity index (χ3n) is 2.40. The maximum Gasteiger partial charge on any atom is 0.0592 e. The molecule has 3 heteroatoms. The highest BCUT2D eigenvalue weighted by molar-refractivity contribution is 7.14. The van der Waals surface area contributed by atoms with Crippen molar-refractivity contribution < 1.29 is 0 Å². The van der Waals surface area contributed by atoms with Gasteiger partial charge in [-0.3, -0.25) is 0 Å². The van der Waals surface area contributed by atoms with Crippen LogP contribution in [0.25, 0.3) is 10.4 Å². The van der Waals surface area contributed by atoms with E-state index in [1.807, 2.05) is 23.6 Å². The van der Waals surface area contributed by atoms with Gasteiger partial charge in [0.15, 0.2) is 0 Å². The number of benzene rings is 1. The number of rotatable bonds is 2. The van der Waals surface area contributed by atoms with Crippen LogP contribution in [-0.2, 0) is 6.42 Å². The third-order valence-corrected chi connectivity index (χ3v) is 3.79. The summed E-state index contributed by atoms with van der Waals surface area (Å²) in [6.07, 6.45) is 0.947. The Hall–Kier alpha value is -0.990. The molecule has 0 saturated heterocycles. The SMILES string of the molecule is CCc1cc(-c2sccc2Cl)ccc1N. The van der Waals surface area contributed by atoms with Gasteiger partial charge in [-0.15, -0.1) is 11.3 Å². The molecule has 0 saturated carbocycles. The lowest BCUT2D eigenvalue weighted by atomic mass is 10.1. The summed E-state index contributed by atoms with van der Waals surface area (Å²) in [5.41, 5.74) is 9.05. The summed E-state index contributed by atoms with van der Waals surface area (Å²) in [6.45, 7) is 2.10. The molecule has 78 valence electrons. The Morgan fingerprint density at radius 2 is 2.13 bits per heavy atom. The molecule has 1 aromatic carbocycles. The number of nitrogens with two attached hydrogens (primary N) is 1. The molecule has 0 amide bonds. The Morgan fingerprint density at radius 1 is 1.33 bits per heavy atom. The first-order valence-corrected chi connectivity index (χ1v) is 6.10. The van der Waals surface area contributed by atoms with E-state index in [4.69, 9.17) is 17.3 Å². The molecule has 1 aromatic heterocycles. The number of anilines is 1. The quantitative estimate of drug-likeness (QED) is 0.778. The zero-order valence-corrected chi connectivity index (χ0v) is 10.0. The molecule has 0 aliphatic heterocycles. The topological polar surface area (TPSA) is 26.0 Å². The van der Waals surface area contributed by atoms with Gasteiger partial charge in [-0.25, -0.2) is 0 Å². The van der Waals surface area contributed by atoms with Gasteiger partial charge in [-0.2, -0.15) is 0 Å². The van der Waals surface area contributed by atoms with Crippen LogP contribution in [0.3, 0.4) is 0 Å². The van der Waals surface area contributed by atoms with Crippen molar-refractivity contribution in [2.45, 2.75) is 13.3 Å². The standard InChI is InChI=1S/C12H12ClNS/c1-2-8-7-9(3-4-11(8)14)12-10(13)5-6-15-12/h3-7H,2,14H2,1H3. The van der Waals surface area contributed by atoms with Crippen molar-refractivity contribution in [3.05, 3.63) is 40.2 Å². The first kappa shape index (κ1) is 10.5. The van der Waals surface area contributed by atoms with Crippen LogP contribution in [0.2, 0.25) is 5.02 Å². The number of halogens is 1. The van der Waals surface area contributed by atoms with Gasteiger partial charge < -0.3 is 5.73 Å². The normalized spacial score (nSPS) is 10.5. The fourth-order valence-corrected chi connectivity index (χ4v) is 2.72. The molecule has 1 heterocycles. The van der Waals surface area contributed by atoms with Crippen LogP contribution in [0.15, 0.2) is 29.6 Å². The van der Waals surface area contributed by atoms with E-state index < -0.39 is 0 Å². The second-order valence-corrected chi connectivity index (χ2v) is 4.69. The van der Waals surface area contributed by atoms with E-state index in [-0.39, 0.29) is 0 Å². The highest BCUT2D eigenvalue weighted by Crippen LogP contribution is 2.34. The molecule has 0 radical (unpaired) electrons. The second kappa shape index (κ2) is 4.25. The summed E-state index contributed by atoms with van der Waals surface area (Å²) in [5, 5.41) is 2.81. The fraction of sp³-hybridized carbons (Fsp3) is 0.167. The number of hydrogen-bond acceptors (Lipinski definition) is 2. The van der Waals surface area contributed by atoms with E-state index in [1.165, 1.54) is 5.56 Å². The van der Waals surface area contributed by atoms with E-state index in [1.54, 1.807) is 11.3 Å². The number of nitrogen functional groups attached to an aromatic ring is 1. The van der Waals surface area contributed by atoms with Gasteiger partial charge in [-0.1, -0.05) is 24.6 Å². The molecule has 0 bridgehead atoms. The molecule has 15 heavy (non-hydrogen) atoms. The lowest BCUT2D eigenvalue weighted by Gasteiger charge is -2.05. The van der Waals surface area contributed by atoms with Crippen molar-refractivity contribution >= 4 is 28.6 Å². The van der Waals surface area contributed by atoms with Crippen molar-refractivity contribution in [3.63, 3.8) is 0 Å². The van der Waals surface area contributed by atoms with Gasteiger partial charge in [0.25, 0.3) is 0 Å². The monoisotopic (exact) mass is 237 g/mol. The minimum absolute atomic E-state index is 0.812. The predicted octanol–water partition coefficient (Wildman–Crippen LogP) is 4.21. The minimum Gasteiger partial charge on any atom is -0.399 e. The van der Waals surface area contributed by atoms with Crippen molar-refractivity contribution in [2.24, 2.45) is 0 Å². The lowest BCUT2D eigenvalue weighted by molar-refractivity contribution is 1.15. The fourth-order valence-electron chi connectivity index (χ4n) is 1.55. The molecule has 1 nitrogen and oxygen atoms in total. The summed E-state index contributed by atoms with van der Waals surface area (Å²) in [4.78, 5) is 1.12. The maximum absolute atomic E-state index is 6.09. The zero-order chi connectivity index (χ0) is 10.8. The maximum atomic E-state index is 6.09. The molecule has 0 spiro atoms. The summed E-state index contributed by atoms with van der Waals surface area (Å²) in [6, 6.07) is 8.01. The molecule has 2 aromatic rings. The first-order chi connectivity index (χ1) is 7.22. The Kier molecular flexibility index (Phi) is 2.98. The molecular weight excluding hydrogens is 226 g/mol. The minimum atomic E-state index is 0.812. The van der Waals surface area contributed by atoms with Gasteiger partial charge in [0.1, 0.15) is 0 Å². The molecular formula is C12H12ClNS. The first-order valence-electron chi connectivity index (χ1n) is 4.84. The summed E-state index contributed by atoms with van der Waals surface area (Å²) >= 11 is 7.74. The smallest absolute Gasteiger partial charge is 0.0592 e. The van der Waals surface area contributed by atoms with Crippen LogP contribution in [-0.4, -0.2) is 0 Å². The van der Waals surface area contributed by atoms with Gasteiger partial charge >= 0.3 is 0 Å². The van der Waals surface area contributed by atoms with Gasteiger partial charge in [-0.05, 0) is 41.1 Å². The number of thiophene rings is 1. The van der Waals surface area contributed by atoms with E-state index in [0.717, 1.165) is 27.6 Å². The Bertz CT molecular complexity index is 476. The van der Waals surface area contributed by atoms with Gasteiger partial charge in [0, 0.05) is 5.69 Å². The zero-order valence-electron chi connectivity index (χ0n) is 8.46. The van der Waals surface area contributed by atoms with Crippen LogP contribution in [0, 0.1) is 0 Å². The third kappa shape index (κ3) is 2.01. The predicted molar refractivity (Wildman–Crippen MR) is 68.6 cm³/mol. The second-order valence-electron chi connectivity index (χ2n) is 3.36. The highest BCUT2D eigenvalue weighted by atomic mass is 35.5. The van der Waals surface area contributed by atoms with Crippen LogP contribution in [0.1, 0.15) is 12.5 Å². The van der Waals surface area contributed by atoms with Gasteiger partial charge in [0.2, 0.25) is 0 Å². The summed E-state index contributed by atoms with van der Waals surface area (Å²) in [5.74, 6) is 0. The van der Waals surface area contributed by atoms with E-state index in [2.05, 4.69) is 13.0 Å². The van der Waals surface area contributed by atoms with Crippen LogP contribution in [0.5, 0.6) is 0 Å². The average Bonchev–Trinajstić information content (AvgIpc) is 2.65. The molecule has 0 aliphatic carbocycles. The van der Waals surface area contributed by atoms with E-state index in [0.29, 0.717) is 0 Å². The van der Waals surface area contributed by atoms with E-state index in [9.17, 15) is 0 Å². The van der Waals surface area contributed by atoms with Crippen LogP contribution >= 0.6 is 22.9 Å². The molecule has 0 fully saturated rings. The average molecular weight is 238 g/mol. The number of aryl methyl sites for hydroxylation is 1. The van der Waals surface area contributed by atoms with Crippen LogP contribution in [0.4, 0.5) is 5.69 Å². The highest BCUT2D eigenvalue weighted by Gasteiger charge is 2.06. The Balaban J connectivity index is 2.51. The molecule has 0 unspecified atom stereocenters. The number of hydrogen-bond donors (Lipinski definition) is 1. The van der Waals surface area contributed by atoms with Crippen molar-refractivity contribution in [1.82, 2.24) is 0 Å². The Labute approximate surface area is 98.5 Å². The molecule has 0 aliphatic rings. The largest absolute Gasteiger partial charge is 0.399 e. The van der Waals surface area contributed by atoms with Crippen LogP contribution < -0.4 is 5.73 Å². The van der Waals surface area contributed by atoms with Crippen molar-refractivity contribution in [3.8, 4) is 10.4 Å². The molecule has 2 N–H and O–H groups in total. The van der Waals surface area contributed by atoms with Gasteiger partial charge in [0.05, 0.1) is 9.90 Å². The van der Waals surface area contributed by atoms with Crippen molar-refractivity contribution in [1.29, 1.82) is 0 Å². The Morgan fingerprint density at radius 3 is 2.73 bits per heavy atom. The molecule has 0 atom stereocenters. The molecule has 2 rings (SSSR count). The van der Waals surface area contributed by atoms with E-state index >= 15 is 0 Å². The summed E-state index contributed by atoms with van der Waals surface area (Å²) in [7, 11) is 0. The van der Waals surface area contributed by atoms with Crippen molar-refractivity contribution in [2.75, 3.05) is 5.73 Å².